The van der Waals surface area contributed by atoms with Crippen molar-refractivity contribution in [2.45, 2.75) is 25.8 Å². The molecule has 0 aliphatic rings. The number of hydrogen-bond donors (Lipinski definition) is 1. The van der Waals surface area contributed by atoms with Gasteiger partial charge in [-0.1, -0.05) is 30.3 Å². The van der Waals surface area contributed by atoms with E-state index in [1.807, 2.05) is 26.0 Å². The van der Waals surface area contributed by atoms with Gasteiger partial charge in [-0.05, 0) is 30.9 Å². The molecule has 0 amide bonds. The standard InChI is InChI=1S/C14H15N3OS/c1-3-14(2,15)13-16-12(18-17-13)11-8-9-6-4-5-7-10(9)19-11/h4-8H,3,15H2,1-2H3. The summed E-state index contributed by atoms with van der Waals surface area (Å²) in [5.74, 6) is 1.10. The highest BCUT2D eigenvalue weighted by Gasteiger charge is 2.26. The molecule has 1 aromatic carbocycles. The van der Waals surface area contributed by atoms with E-state index >= 15 is 0 Å². The van der Waals surface area contributed by atoms with Gasteiger partial charge in [0.2, 0.25) is 0 Å². The van der Waals surface area contributed by atoms with Gasteiger partial charge < -0.3 is 10.3 Å². The summed E-state index contributed by atoms with van der Waals surface area (Å²) in [4.78, 5) is 5.40. The molecule has 0 radical (unpaired) electrons. The first kappa shape index (κ1) is 12.3. The molecule has 4 nitrogen and oxygen atoms in total. The minimum absolute atomic E-state index is 0.543. The van der Waals surface area contributed by atoms with E-state index in [4.69, 9.17) is 10.3 Å². The molecule has 0 aliphatic heterocycles. The maximum Gasteiger partial charge on any atom is 0.268 e. The first-order chi connectivity index (χ1) is 9.10. The van der Waals surface area contributed by atoms with Gasteiger partial charge in [0.05, 0.1) is 10.4 Å². The number of thiophene rings is 1. The fraction of sp³-hybridized carbons (Fsp3) is 0.286. The molecule has 3 rings (SSSR count). The van der Waals surface area contributed by atoms with Crippen LogP contribution in [0, 0.1) is 0 Å². The highest BCUT2D eigenvalue weighted by Crippen LogP contribution is 2.33. The molecular weight excluding hydrogens is 258 g/mol. The molecule has 2 aromatic heterocycles. The van der Waals surface area contributed by atoms with E-state index in [1.165, 1.54) is 10.1 Å². The topological polar surface area (TPSA) is 64.9 Å². The molecule has 2 N–H and O–H groups in total. The highest BCUT2D eigenvalue weighted by atomic mass is 32.1. The Balaban J connectivity index is 2.03. The van der Waals surface area contributed by atoms with Crippen LogP contribution in [-0.2, 0) is 5.54 Å². The van der Waals surface area contributed by atoms with Crippen molar-refractivity contribution in [2.24, 2.45) is 5.73 Å². The molecule has 0 saturated heterocycles. The summed E-state index contributed by atoms with van der Waals surface area (Å²) in [6.07, 6.45) is 0.762. The maximum atomic E-state index is 6.12. The van der Waals surface area contributed by atoms with Crippen molar-refractivity contribution in [3.8, 4) is 10.8 Å². The average molecular weight is 273 g/mol. The Hall–Kier alpha value is -1.72. The Morgan fingerprint density at radius 3 is 2.89 bits per heavy atom. The molecule has 1 unspecified atom stereocenters. The van der Waals surface area contributed by atoms with Gasteiger partial charge in [0.15, 0.2) is 5.82 Å². The van der Waals surface area contributed by atoms with Gasteiger partial charge >= 0.3 is 0 Å². The second-order valence-corrected chi connectivity index (χ2v) is 5.93. The Labute approximate surface area is 115 Å². The number of fused-ring (bicyclic) bond motifs is 1. The third kappa shape index (κ3) is 2.15. The number of hydrogen-bond acceptors (Lipinski definition) is 5. The molecule has 0 aliphatic carbocycles. The first-order valence-corrected chi connectivity index (χ1v) is 7.04. The van der Waals surface area contributed by atoms with Crippen LogP contribution in [0.4, 0.5) is 0 Å². The lowest BCUT2D eigenvalue weighted by Gasteiger charge is -2.16. The second kappa shape index (κ2) is 4.43. The van der Waals surface area contributed by atoms with Crippen LogP contribution in [-0.4, -0.2) is 10.1 Å². The Morgan fingerprint density at radius 2 is 2.16 bits per heavy atom. The zero-order valence-corrected chi connectivity index (χ0v) is 11.7. The van der Waals surface area contributed by atoms with Crippen LogP contribution in [0.15, 0.2) is 34.9 Å². The van der Waals surface area contributed by atoms with Crippen LogP contribution in [0.25, 0.3) is 20.9 Å². The first-order valence-electron chi connectivity index (χ1n) is 6.22. The SMILES string of the molecule is CCC(C)(N)c1noc(-c2cc3ccccc3s2)n1. The number of aromatic nitrogens is 2. The largest absolute Gasteiger partial charge is 0.333 e. The molecule has 0 spiro atoms. The van der Waals surface area contributed by atoms with E-state index in [-0.39, 0.29) is 0 Å². The van der Waals surface area contributed by atoms with Crippen molar-refractivity contribution in [1.29, 1.82) is 0 Å². The van der Waals surface area contributed by atoms with E-state index in [9.17, 15) is 0 Å². The van der Waals surface area contributed by atoms with Crippen LogP contribution < -0.4 is 5.73 Å². The lowest BCUT2D eigenvalue weighted by Crippen LogP contribution is -2.33. The summed E-state index contributed by atoms with van der Waals surface area (Å²) in [5, 5.41) is 5.19. The summed E-state index contributed by atoms with van der Waals surface area (Å²) in [7, 11) is 0. The lowest BCUT2D eigenvalue weighted by molar-refractivity contribution is 0.379. The maximum absolute atomic E-state index is 6.12. The monoisotopic (exact) mass is 273 g/mol. The molecule has 19 heavy (non-hydrogen) atoms. The van der Waals surface area contributed by atoms with Crippen LogP contribution in [0.5, 0.6) is 0 Å². The molecule has 5 heteroatoms. The van der Waals surface area contributed by atoms with Gasteiger partial charge in [-0.15, -0.1) is 11.3 Å². The third-order valence-corrected chi connectivity index (χ3v) is 4.41. The molecular formula is C14H15N3OS. The molecule has 0 bridgehead atoms. The van der Waals surface area contributed by atoms with E-state index in [0.29, 0.717) is 11.7 Å². The predicted molar refractivity (Wildman–Crippen MR) is 76.9 cm³/mol. The van der Waals surface area contributed by atoms with Crippen molar-refractivity contribution in [3.05, 3.63) is 36.2 Å². The zero-order valence-electron chi connectivity index (χ0n) is 10.9. The van der Waals surface area contributed by atoms with Crippen molar-refractivity contribution >= 4 is 21.4 Å². The third-order valence-electron chi connectivity index (χ3n) is 3.31. The van der Waals surface area contributed by atoms with Crippen molar-refractivity contribution in [2.75, 3.05) is 0 Å². The minimum atomic E-state index is -0.543. The fourth-order valence-corrected chi connectivity index (χ4v) is 2.79. The van der Waals surface area contributed by atoms with Gasteiger partial charge in [-0.2, -0.15) is 4.98 Å². The summed E-state index contributed by atoms with van der Waals surface area (Å²) >= 11 is 1.64. The van der Waals surface area contributed by atoms with Crippen LogP contribution >= 0.6 is 11.3 Å². The summed E-state index contributed by atoms with van der Waals surface area (Å²) in [5.41, 5.74) is 5.58. The zero-order chi connectivity index (χ0) is 13.5. The van der Waals surface area contributed by atoms with Crippen molar-refractivity contribution in [1.82, 2.24) is 10.1 Å². The van der Waals surface area contributed by atoms with E-state index in [0.717, 1.165) is 11.3 Å². The quantitative estimate of drug-likeness (QED) is 0.792. The fourth-order valence-electron chi connectivity index (χ4n) is 1.80. The Morgan fingerprint density at radius 1 is 1.37 bits per heavy atom. The number of nitrogens with zero attached hydrogens (tertiary/aromatic N) is 2. The molecule has 2 heterocycles. The smallest absolute Gasteiger partial charge is 0.268 e. The minimum Gasteiger partial charge on any atom is -0.333 e. The lowest BCUT2D eigenvalue weighted by atomic mass is 10.0. The van der Waals surface area contributed by atoms with Gasteiger partial charge in [0.1, 0.15) is 0 Å². The molecule has 3 aromatic rings. The van der Waals surface area contributed by atoms with E-state index in [1.54, 1.807) is 11.3 Å². The summed E-state index contributed by atoms with van der Waals surface area (Å²) < 4.78 is 6.55. The molecule has 0 saturated carbocycles. The highest BCUT2D eigenvalue weighted by molar-refractivity contribution is 7.22. The molecule has 98 valence electrons. The average Bonchev–Trinajstić information content (AvgIpc) is 3.05. The van der Waals surface area contributed by atoms with Crippen LogP contribution in [0.2, 0.25) is 0 Å². The normalized spacial score (nSPS) is 14.7. The van der Waals surface area contributed by atoms with Crippen molar-refractivity contribution < 1.29 is 4.52 Å². The van der Waals surface area contributed by atoms with Crippen molar-refractivity contribution in [3.63, 3.8) is 0 Å². The Kier molecular flexibility index (Phi) is 2.88. The van der Waals surface area contributed by atoms with Gasteiger partial charge in [-0.25, -0.2) is 0 Å². The number of rotatable bonds is 3. The molecule has 0 fully saturated rings. The van der Waals surface area contributed by atoms with Gasteiger partial charge in [-0.3, -0.25) is 0 Å². The summed E-state index contributed by atoms with van der Waals surface area (Å²) in [6, 6.07) is 10.3. The molecule has 1 atom stereocenters. The van der Waals surface area contributed by atoms with Gasteiger partial charge in [0.25, 0.3) is 5.89 Å². The van der Waals surface area contributed by atoms with E-state index < -0.39 is 5.54 Å². The number of benzene rings is 1. The summed E-state index contributed by atoms with van der Waals surface area (Å²) in [6.45, 7) is 3.92. The predicted octanol–water partition coefficient (Wildman–Crippen LogP) is 3.54. The second-order valence-electron chi connectivity index (χ2n) is 4.84. The van der Waals surface area contributed by atoms with Gasteiger partial charge in [0, 0.05) is 4.70 Å². The van der Waals surface area contributed by atoms with E-state index in [2.05, 4.69) is 28.3 Å². The Bertz CT molecular complexity index is 681. The van der Waals surface area contributed by atoms with Crippen LogP contribution in [0.1, 0.15) is 26.1 Å². The van der Waals surface area contributed by atoms with Crippen LogP contribution in [0.3, 0.4) is 0 Å². The number of nitrogens with two attached hydrogens (primary N) is 1.